The van der Waals surface area contributed by atoms with E-state index in [1.54, 1.807) is 24.3 Å². The molecule has 0 radical (unpaired) electrons. The van der Waals surface area contributed by atoms with E-state index in [2.05, 4.69) is 10.4 Å². The van der Waals surface area contributed by atoms with Crippen molar-refractivity contribution in [1.29, 1.82) is 0 Å². The van der Waals surface area contributed by atoms with E-state index in [1.807, 2.05) is 0 Å². The van der Waals surface area contributed by atoms with Crippen molar-refractivity contribution in [2.45, 2.75) is 6.54 Å². The van der Waals surface area contributed by atoms with Crippen molar-refractivity contribution < 1.29 is 9.72 Å². The summed E-state index contributed by atoms with van der Waals surface area (Å²) in [6, 6.07) is 6.61. The molecule has 0 saturated carbocycles. The topological polar surface area (TPSA) is 90.1 Å². The van der Waals surface area contributed by atoms with Gasteiger partial charge in [0.05, 0.1) is 11.3 Å². The molecule has 0 fully saturated rings. The second kappa shape index (κ2) is 5.89. The quantitative estimate of drug-likeness (QED) is 0.694. The van der Waals surface area contributed by atoms with Crippen molar-refractivity contribution in [3.63, 3.8) is 0 Å². The molecule has 0 aliphatic rings. The average Bonchev–Trinajstić information content (AvgIpc) is 2.70. The molecule has 1 N–H and O–H groups in total. The van der Waals surface area contributed by atoms with Crippen LogP contribution in [0.4, 0.5) is 11.5 Å². The molecule has 0 spiro atoms. The Morgan fingerprint density at radius 2 is 2.20 bits per heavy atom. The Kier molecular flexibility index (Phi) is 4.21. The highest BCUT2D eigenvalue weighted by Gasteiger charge is 2.20. The molecule has 7 nitrogen and oxygen atoms in total. The Bertz CT molecular complexity index is 671. The van der Waals surface area contributed by atoms with Gasteiger partial charge in [0.15, 0.2) is 5.02 Å². The van der Waals surface area contributed by atoms with Crippen LogP contribution in [-0.2, 0) is 11.3 Å². The summed E-state index contributed by atoms with van der Waals surface area (Å²) in [6.07, 6.45) is 1.22. The highest BCUT2D eigenvalue weighted by atomic mass is 35.5. The Hall–Kier alpha value is -2.12. The van der Waals surface area contributed by atoms with Gasteiger partial charge in [-0.15, -0.1) is 0 Å². The van der Waals surface area contributed by atoms with E-state index in [1.165, 1.54) is 6.20 Å². The van der Waals surface area contributed by atoms with Gasteiger partial charge in [-0.05, 0) is 23.1 Å². The molecular weight excluding hydrogens is 307 g/mol. The number of nitro groups is 1. The molecule has 104 valence electrons. The SMILES string of the molecule is O=C(Cn1cc(Cl)c([N+](=O)[O-])n1)Nc1cccc(Cl)c1. The number of rotatable bonds is 4. The molecule has 1 aromatic carbocycles. The van der Waals surface area contributed by atoms with Crippen molar-refractivity contribution >= 4 is 40.6 Å². The van der Waals surface area contributed by atoms with Gasteiger partial charge >= 0.3 is 5.82 Å². The summed E-state index contributed by atoms with van der Waals surface area (Å²) in [5, 5.41) is 17.1. The number of halogens is 2. The molecule has 1 heterocycles. The van der Waals surface area contributed by atoms with Crippen molar-refractivity contribution in [1.82, 2.24) is 9.78 Å². The smallest absolute Gasteiger partial charge is 0.358 e. The zero-order valence-corrected chi connectivity index (χ0v) is 11.4. The van der Waals surface area contributed by atoms with Gasteiger partial charge in [-0.2, -0.15) is 4.68 Å². The Morgan fingerprint density at radius 3 is 2.80 bits per heavy atom. The normalized spacial score (nSPS) is 10.3. The lowest BCUT2D eigenvalue weighted by molar-refractivity contribution is -0.389. The molecule has 9 heteroatoms. The second-order valence-electron chi connectivity index (χ2n) is 3.81. The number of carbonyl (C=O) groups is 1. The zero-order valence-electron chi connectivity index (χ0n) is 9.92. The summed E-state index contributed by atoms with van der Waals surface area (Å²) in [7, 11) is 0. The summed E-state index contributed by atoms with van der Waals surface area (Å²) in [5.74, 6) is -0.886. The minimum Gasteiger partial charge on any atom is -0.358 e. The molecule has 0 saturated heterocycles. The fourth-order valence-corrected chi connectivity index (χ4v) is 1.92. The maximum Gasteiger partial charge on any atom is 0.408 e. The van der Waals surface area contributed by atoms with Gasteiger partial charge in [0.25, 0.3) is 0 Å². The lowest BCUT2D eigenvalue weighted by Gasteiger charge is -2.03. The number of anilines is 1. The van der Waals surface area contributed by atoms with E-state index < -0.39 is 16.6 Å². The van der Waals surface area contributed by atoms with E-state index in [-0.39, 0.29) is 11.6 Å². The van der Waals surface area contributed by atoms with E-state index in [4.69, 9.17) is 23.2 Å². The summed E-state index contributed by atoms with van der Waals surface area (Å²) in [4.78, 5) is 21.6. The number of nitrogens with zero attached hydrogens (tertiary/aromatic N) is 3. The number of nitrogens with one attached hydrogen (secondary N) is 1. The molecule has 0 bridgehead atoms. The van der Waals surface area contributed by atoms with Crippen LogP contribution in [0.2, 0.25) is 10.0 Å². The van der Waals surface area contributed by atoms with Crippen LogP contribution >= 0.6 is 23.2 Å². The van der Waals surface area contributed by atoms with Gasteiger partial charge in [0.1, 0.15) is 6.54 Å². The number of benzene rings is 1. The van der Waals surface area contributed by atoms with Gasteiger partial charge in [0, 0.05) is 10.7 Å². The minimum atomic E-state index is -0.715. The monoisotopic (exact) mass is 314 g/mol. The van der Waals surface area contributed by atoms with Crippen molar-refractivity contribution in [2.75, 3.05) is 5.32 Å². The number of amides is 1. The van der Waals surface area contributed by atoms with Crippen LogP contribution in [0.3, 0.4) is 0 Å². The first-order valence-corrected chi connectivity index (χ1v) is 6.14. The summed E-state index contributed by atoms with van der Waals surface area (Å²) < 4.78 is 1.10. The number of aromatic nitrogens is 2. The average molecular weight is 315 g/mol. The third kappa shape index (κ3) is 3.46. The molecule has 1 aromatic heterocycles. The standard InChI is InChI=1S/C11H8Cl2N4O3/c12-7-2-1-3-8(4-7)14-10(18)6-16-5-9(13)11(15-16)17(19)20/h1-5H,6H2,(H,14,18). The highest BCUT2D eigenvalue weighted by molar-refractivity contribution is 6.32. The van der Waals surface area contributed by atoms with Crippen molar-refractivity contribution in [3.05, 3.63) is 50.6 Å². The van der Waals surface area contributed by atoms with Crippen molar-refractivity contribution in [3.8, 4) is 0 Å². The number of hydrogen-bond acceptors (Lipinski definition) is 4. The molecular formula is C11H8Cl2N4O3. The third-order valence-corrected chi connectivity index (χ3v) is 2.79. The first-order chi connectivity index (χ1) is 9.45. The molecule has 0 aliphatic heterocycles. The molecule has 0 aliphatic carbocycles. The van der Waals surface area contributed by atoms with Gasteiger partial charge in [0.2, 0.25) is 5.91 Å². The maximum absolute atomic E-state index is 11.8. The largest absolute Gasteiger partial charge is 0.408 e. The van der Waals surface area contributed by atoms with Crippen LogP contribution in [0.15, 0.2) is 30.5 Å². The van der Waals surface area contributed by atoms with Gasteiger partial charge in [-0.3, -0.25) is 4.79 Å². The maximum atomic E-state index is 11.8. The number of carbonyl (C=O) groups excluding carboxylic acids is 1. The van der Waals surface area contributed by atoms with Crippen LogP contribution in [0, 0.1) is 10.1 Å². The van der Waals surface area contributed by atoms with Gasteiger partial charge in [-0.25, -0.2) is 0 Å². The fourth-order valence-electron chi connectivity index (χ4n) is 1.51. The summed E-state index contributed by atoms with van der Waals surface area (Å²) in [5.41, 5.74) is 0.523. The fraction of sp³-hybridized carbons (Fsp3) is 0.0909. The van der Waals surface area contributed by atoms with E-state index in [9.17, 15) is 14.9 Å². The molecule has 2 rings (SSSR count). The summed E-state index contributed by atoms with van der Waals surface area (Å²) in [6.45, 7) is -0.194. The minimum absolute atomic E-state index is 0.120. The third-order valence-electron chi connectivity index (χ3n) is 2.29. The van der Waals surface area contributed by atoms with Crippen LogP contribution in [0.25, 0.3) is 0 Å². The first kappa shape index (κ1) is 14.3. The van der Waals surface area contributed by atoms with Crippen LogP contribution in [0.1, 0.15) is 0 Å². The number of hydrogen-bond donors (Lipinski definition) is 1. The lowest BCUT2D eigenvalue weighted by atomic mass is 10.3. The predicted octanol–water partition coefficient (Wildman–Crippen LogP) is 2.74. The van der Waals surface area contributed by atoms with Gasteiger partial charge < -0.3 is 15.4 Å². The van der Waals surface area contributed by atoms with Crippen LogP contribution < -0.4 is 5.32 Å². The Labute approximate surface area is 123 Å². The predicted molar refractivity (Wildman–Crippen MR) is 74.0 cm³/mol. The molecule has 2 aromatic rings. The van der Waals surface area contributed by atoms with E-state index >= 15 is 0 Å². The first-order valence-electron chi connectivity index (χ1n) is 5.38. The Morgan fingerprint density at radius 1 is 1.45 bits per heavy atom. The van der Waals surface area contributed by atoms with Crippen LogP contribution in [0.5, 0.6) is 0 Å². The Balaban J connectivity index is 2.05. The van der Waals surface area contributed by atoms with Gasteiger partial charge in [-0.1, -0.05) is 29.3 Å². The van der Waals surface area contributed by atoms with Crippen molar-refractivity contribution in [2.24, 2.45) is 0 Å². The highest BCUT2D eigenvalue weighted by Crippen LogP contribution is 2.21. The molecule has 1 amide bonds. The molecule has 0 atom stereocenters. The molecule has 20 heavy (non-hydrogen) atoms. The van der Waals surface area contributed by atoms with Crippen LogP contribution in [-0.4, -0.2) is 20.6 Å². The molecule has 0 unspecified atom stereocenters. The zero-order chi connectivity index (χ0) is 14.7. The summed E-state index contributed by atoms with van der Waals surface area (Å²) >= 11 is 11.4. The van der Waals surface area contributed by atoms with E-state index in [0.717, 1.165) is 4.68 Å². The lowest BCUT2D eigenvalue weighted by Crippen LogP contribution is -2.19. The van der Waals surface area contributed by atoms with E-state index in [0.29, 0.717) is 10.7 Å². The second-order valence-corrected chi connectivity index (χ2v) is 4.66.